The van der Waals surface area contributed by atoms with Crippen LogP contribution in [0.25, 0.3) is 0 Å². The Balaban J connectivity index is 2.01. The molecule has 0 spiro atoms. The first-order chi connectivity index (χ1) is 11.7. The number of halogens is 3. The lowest BCUT2D eigenvalue weighted by molar-refractivity contribution is -0.274. The molecule has 25 heavy (non-hydrogen) atoms. The van der Waals surface area contributed by atoms with E-state index in [0.717, 1.165) is 36.4 Å². The zero-order valence-corrected chi connectivity index (χ0v) is 14.4. The first kappa shape index (κ1) is 19.5. The average molecular weight is 380 g/mol. The maximum absolute atomic E-state index is 12.5. The van der Waals surface area contributed by atoms with E-state index in [2.05, 4.69) is 9.89 Å². The van der Waals surface area contributed by atoms with Crippen molar-refractivity contribution in [3.05, 3.63) is 24.3 Å². The van der Waals surface area contributed by atoms with Crippen LogP contribution in [0, 0.1) is 0 Å². The topological polar surface area (TPSA) is 68.2 Å². The third kappa shape index (κ3) is 5.60. The lowest BCUT2D eigenvalue weighted by Gasteiger charge is -2.26. The molecule has 0 aliphatic carbocycles. The van der Waals surface area contributed by atoms with Gasteiger partial charge < -0.3 is 9.57 Å². The molecule has 1 aromatic carbocycles. The van der Waals surface area contributed by atoms with Gasteiger partial charge >= 0.3 is 6.36 Å². The van der Waals surface area contributed by atoms with Gasteiger partial charge in [0.2, 0.25) is 10.0 Å². The maximum Gasteiger partial charge on any atom is 0.573 e. The van der Waals surface area contributed by atoms with Gasteiger partial charge in [0.25, 0.3) is 0 Å². The van der Waals surface area contributed by atoms with Crippen molar-refractivity contribution < 1.29 is 31.2 Å². The minimum atomic E-state index is -4.82. The van der Waals surface area contributed by atoms with Crippen molar-refractivity contribution in [2.45, 2.75) is 37.4 Å². The van der Waals surface area contributed by atoms with Crippen LogP contribution in [-0.4, -0.2) is 44.5 Å². The van der Waals surface area contributed by atoms with Crippen LogP contribution in [0.3, 0.4) is 0 Å². The Hall–Kier alpha value is -1.81. The van der Waals surface area contributed by atoms with Crippen LogP contribution in [0.4, 0.5) is 13.2 Å². The highest BCUT2D eigenvalue weighted by Crippen LogP contribution is 2.26. The summed E-state index contributed by atoms with van der Waals surface area (Å²) in [4.78, 5) is 5.02. The monoisotopic (exact) mass is 380 g/mol. The van der Waals surface area contributed by atoms with Crippen molar-refractivity contribution in [2.24, 2.45) is 5.16 Å². The van der Waals surface area contributed by atoms with Crippen molar-refractivity contribution in [2.75, 3.05) is 19.7 Å². The molecular formula is C15H19F3N2O4S. The Bertz CT molecular complexity index is 692. The molecule has 0 aromatic heterocycles. The molecule has 0 saturated carbocycles. The number of hydrogen-bond acceptors (Lipinski definition) is 5. The Morgan fingerprint density at radius 1 is 1.16 bits per heavy atom. The third-order valence-electron chi connectivity index (χ3n) is 3.48. The number of rotatable bonds is 6. The zero-order valence-electron chi connectivity index (χ0n) is 13.6. The second kappa shape index (κ2) is 8.05. The van der Waals surface area contributed by atoms with Gasteiger partial charge in [-0.05, 0) is 30.7 Å². The van der Waals surface area contributed by atoms with Gasteiger partial charge in [-0.1, -0.05) is 12.1 Å². The summed E-state index contributed by atoms with van der Waals surface area (Å²) in [6.07, 6.45) is -3.06. The van der Waals surface area contributed by atoms with E-state index in [1.807, 2.05) is 6.92 Å². The van der Waals surface area contributed by atoms with E-state index in [0.29, 0.717) is 19.4 Å². The van der Waals surface area contributed by atoms with Crippen LogP contribution in [0.1, 0.15) is 26.2 Å². The third-order valence-corrected chi connectivity index (χ3v) is 5.40. The fourth-order valence-corrected chi connectivity index (χ4v) is 3.71. The Morgan fingerprint density at radius 2 is 1.76 bits per heavy atom. The molecule has 0 atom stereocenters. The first-order valence-electron chi connectivity index (χ1n) is 7.76. The summed E-state index contributed by atoms with van der Waals surface area (Å²) in [6, 6.07) is 4.17. The molecule has 1 aliphatic heterocycles. The first-order valence-corrected chi connectivity index (χ1v) is 9.20. The highest BCUT2D eigenvalue weighted by Gasteiger charge is 2.32. The summed E-state index contributed by atoms with van der Waals surface area (Å²) in [7, 11) is -3.77. The number of nitrogens with zero attached hydrogens (tertiary/aromatic N) is 2. The predicted molar refractivity (Wildman–Crippen MR) is 84.8 cm³/mol. The molecule has 0 radical (unpaired) electrons. The Labute approximate surface area is 144 Å². The van der Waals surface area contributed by atoms with Gasteiger partial charge in [-0.15, -0.1) is 13.2 Å². The van der Waals surface area contributed by atoms with E-state index >= 15 is 0 Å². The Morgan fingerprint density at radius 3 is 2.28 bits per heavy atom. The number of benzene rings is 1. The SMILES string of the molecule is CCCON=C1CCN(S(=O)(=O)c2ccc(OC(F)(F)F)cc2)CC1. The predicted octanol–water partition coefficient (Wildman–Crippen LogP) is 3.15. The number of sulfonamides is 1. The van der Waals surface area contributed by atoms with Gasteiger partial charge in [-0.3, -0.25) is 0 Å². The van der Waals surface area contributed by atoms with Gasteiger partial charge in [0.1, 0.15) is 12.4 Å². The highest BCUT2D eigenvalue weighted by atomic mass is 32.2. The molecule has 0 bridgehead atoms. The average Bonchev–Trinajstić information content (AvgIpc) is 2.55. The molecule has 1 aliphatic rings. The van der Waals surface area contributed by atoms with Crippen molar-refractivity contribution in [1.82, 2.24) is 4.31 Å². The minimum Gasteiger partial charge on any atom is -0.406 e. The summed E-state index contributed by atoms with van der Waals surface area (Å²) in [6.45, 7) is 2.97. The van der Waals surface area contributed by atoms with Crippen LogP contribution in [-0.2, 0) is 14.9 Å². The van der Waals surface area contributed by atoms with E-state index < -0.39 is 22.1 Å². The smallest absolute Gasteiger partial charge is 0.406 e. The molecule has 6 nitrogen and oxygen atoms in total. The molecule has 1 heterocycles. The highest BCUT2D eigenvalue weighted by molar-refractivity contribution is 7.89. The zero-order chi connectivity index (χ0) is 18.5. The van der Waals surface area contributed by atoms with Crippen molar-refractivity contribution in [3.63, 3.8) is 0 Å². The van der Waals surface area contributed by atoms with Crippen LogP contribution in [0.5, 0.6) is 5.75 Å². The summed E-state index contributed by atoms with van der Waals surface area (Å²) in [5.74, 6) is -0.465. The number of piperidine rings is 1. The molecule has 10 heteroatoms. The van der Waals surface area contributed by atoms with Gasteiger partial charge in [0.05, 0.1) is 10.6 Å². The number of alkyl halides is 3. The Kier molecular flexibility index (Phi) is 6.28. The van der Waals surface area contributed by atoms with Crippen molar-refractivity contribution >= 4 is 15.7 Å². The van der Waals surface area contributed by atoms with Crippen LogP contribution >= 0.6 is 0 Å². The van der Waals surface area contributed by atoms with Crippen LogP contribution < -0.4 is 4.74 Å². The van der Waals surface area contributed by atoms with Crippen LogP contribution in [0.2, 0.25) is 0 Å². The van der Waals surface area contributed by atoms with Gasteiger partial charge in [-0.2, -0.15) is 4.31 Å². The summed E-state index contributed by atoms with van der Waals surface area (Å²) in [5.41, 5.74) is 0.800. The molecule has 0 N–H and O–H groups in total. The summed E-state index contributed by atoms with van der Waals surface area (Å²) >= 11 is 0. The maximum atomic E-state index is 12.5. The molecule has 1 aromatic rings. The van der Waals surface area contributed by atoms with E-state index in [4.69, 9.17) is 4.84 Å². The lowest BCUT2D eigenvalue weighted by atomic mass is 10.1. The quantitative estimate of drug-likeness (QED) is 0.562. The second-order valence-electron chi connectivity index (χ2n) is 5.41. The summed E-state index contributed by atoms with van der Waals surface area (Å²) < 4.78 is 66.5. The second-order valence-corrected chi connectivity index (χ2v) is 7.35. The number of oxime groups is 1. The van der Waals surface area contributed by atoms with Gasteiger partial charge in [-0.25, -0.2) is 8.42 Å². The van der Waals surface area contributed by atoms with E-state index in [-0.39, 0.29) is 18.0 Å². The number of hydrogen-bond donors (Lipinski definition) is 0. The van der Waals surface area contributed by atoms with Crippen LogP contribution in [0.15, 0.2) is 34.3 Å². The molecule has 0 unspecified atom stereocenters. The molecule has 1 saturated heterocycles. The van der Waals surface area contributed by atoms with Gasteiger partial charge in [0, 0.05) is 25.9 Å². The molecule has 2 rings (SSSR count). The molecule has 0 amide bonds. The van der Waals surface area contributed by atoms with E-state index in [1.54, 1.807) is 0 Å². The van der Waals surface area contributed by atoms with E-state index in [1.165, 1.54) is 4.31 Å². The fourth-order valence-electron chi connectivity index (χ4n) is 2.27. The molecule has 140 valence electrons. The molecular weight excluding hydrogens is 361 g/mol. The van der Waals surface area contributed by atoms with Crippen molar-refractivity contribution in [1.29, 1.82) is 0 Å². The number of ether oxygens (including phenoxy) is 1. The van der Waals surface area contributed by atoms with E-state index in [9.17, 15) is 21.6 Å². The van der Waals surface area contributed by atoms with Crippen molar-refractivity contribution in [3.8, 4) is 5.75 Å². The van der Waals surface area contributed by atoms with Gasteiger partial charge in [0.15, 0.2) is 0 Å². The molecule has 1 fully saturated rings. The largest absolute Gasteiger partial charge is 0.573 e. The lowest BCUT2D eigenvalue weighted by Crippen LogP contribution is -2.38. The minimum absolute atomic E-state index is 0.0790. The summed E-state index contributed by atoms with van der Waals surface area (Å²) in [5, 5.41) is 3.98. The standard InChI is InChI=1S/C15H19F3N2O4S/c1-2-11-23-19-12-7-9-20(10-8-12)25(21,22)14-5-3-13(4-6-14)24-15(16,17)18/h3-6H,2,7-11H2,1H3. The normalized spacial score (nSPS) is 16.6. The fraction of sp³-hybridized carbons (Fsp3) is 0.533.